The molecule has 1 nitrogen and oxygen atoms in total. The molecule has 1 aromatic rings. The largest absolute Gasteiger partial charge is 1.00 e. The number of hydrogen-bond acceptors (Lipinski definition) is 1. The third-order valence-electron chi connectivity index (χ3n) is 1.36. The Morgan fingerprint density at radius 3 is 2.31 bits per heavy atom. The smallest absolute Gasteiger partial charge is 0.445 e. The SMILES string of the molecule is Cc1cnc(Cl)c([B-](F)(F)F)c1.[K+]. The van der Waals surface area contributed by atoms with E-state index in [0.717, 1.165) is 6.07 Å². The summed E-state index contributed by atoms with van der Waals surface area (Å²) in [6.07, 6.45) is 1.30. The van der Waals surface area contributed by atoms with Gasteiger partial charge in [0.2, 0.25) is 0 Å². The molecule has 1 rings (SSSR count). The number of aromatic nitrogens is 1. The molecule has 0 aliphatic carbocycles. The van der Waals surface area contributed by atoms with Gasteiger partial charge in [-0.3, -0.25) is 0 Å². The first-order chi connectivity index (χ1) is 5.41. The van der Waals surface area contributed by atoms with Crippen LogP contribution in [0.4, 0.5) is 12.9 Å². The molecule has 0 fully saturated rings. The summed E-state index contributed by atoms with van der Waals surface area (Å²) < 4.78 is 36.5. The molecule has 0 spiro atoms. The van der Waals surface area contributed by atoms with Gasteiger partial charge in [0.1, 0.15) is 5.15 Å². The Bertz CT molecular complexity index is 304. The van der Waals surface area contributed by atoms with Gasteiger partial charge in [-0.05, 0) is 12.5 Å². The number of nitrogens with zero attached hydrogens (tertiary/aromatic N) is 1. The van der Waals surface area contributed by atoms with Gasteiger partial charge in [0, 0.05) is 6.20 Å². The van der Waals surface area contributed by atoms with Crippen LogP contribution in [0.1, 0.15) is 5.56 Å². The van der Waals surface area contributed by atoms with Gasteiger partial charge >= 0.3 is 58.4 Å². The molecule has 0 unspecified atom stereocenters. The number of hydrogen-bond donors (Lipinski definition) is 0. The van der Waals surface area contributed by atoms with Crippen molar-refractivity contribution >= 4 is 24.0 Å². The van der Waals surface area contributed by atoms with E-state index in [9.17, 15) is 12.9 Å². The van der Waals surface area contributed by atoms with Gasteiger partial charge < -0.3 is 12.9 Å². The van der Waals surface area contributed by atoms with E-state index in [0.29, 0.717) is 5.56 Å². The Labute approximate surface area is 122 Å². The van der Waals surface area contributed by atoms with Crippen LogP contribution in [-0.2, 0) is 0 Å². The molecular weight excluding hydrogens is 228 g/mol. The maximum Gasteiger partial charge on any atom is 1.00 e. The predicted octanol–water partition coefficient (Wildman–Crippen LogP) is -0.898. The van der Waals surface area contributed by atoms with E-state index < -0.39 is 17.6 Å². The summed E-state index contributed by atoms with van der Waals surface area (Å²) in [7, 11) is 0. The fourth-order valence-electron chi connectivity index (χ4n) is 0.805. The Kier molecular flexibility index (Phi) is 5.50. The van der Waals surface area contributed by atoms with Crippen molar-refractivity contribution in [2.75, 3.05) is 0 Å². The Hall–Kier alpha value is 0.931. The van der Waals surface area contributed by atoms with E-state index in [1.165, 1.54) is 13.1 Å². The molecule has 0 saturated carbocycles. The average molecular weight is 233 g/mol. The quantitative estimate of drug-likeness (QED) is 0.453. The molecule has 0 atom stereocenters. The van der Waals surface area contributed by atoms with Crippen molar-refractivity contribution in [2.45, 2.75) is 6.92 Å². The molecule has 0 amide bonds. The van der Waals surface area contributed by atoms with Gasteiger partial charge in [0.15, 0.2) is 0 Å². The van der Waals surface area contributed by atoms with Crippen LogP contribution >= 0.6 is 11.6 Å². The van der Waals surface area contributed by atoms with E-state index in [-0.39, 0.29) is 51.4 Å². The van der Waals surface area contributed by atoms with Gasteiger partial charge in [-0.2, -0.15) is 0 Å². The van der Waals surface area contributed by atoms with Crippen molar-refractivity contribution in [3.8, 4) is 0 Å². The molecule has 7 heteroatoms. The van der Waals surface area contributed by atoms with E-state index in [4.69, 9.17) is 11.6 Å². The van der Waals surface area contributed by atoms with Gasteiger partial charge in [-0.25, -0.2) is 4.98 Å². The van der Waals surface area contributed by atoms with Crippen LogP contribution in [0.2, 0.25) is 5.15 Å². The average Bonchev–Trinajstić information content (AvgIpc) is 1.92. The van der Waals surface area contributed by atoms with Crippen LogP contribution in [0.25, 0.3) is 0 Å². The molecule has 0 N–H and O–H groups in total. The van der Waals surface area contributed by atoms with Crippen LogP contribution in [-0.4, -0.2) is 12.0 Å². The van der Waals surface area contributed by atoms with Gasteiger partial charge in [0.05, 0.1) is 0 Å². The zero-order chi connectivity index (χ0) is 9.35. The van der Waals surface area contributed by atoms with Crippen molar-refractivity contribution < 1.29 is 64.3 Å². The molecule has 1 aromatic heterocycles. The van der Waals surface area contributed by atoms with Crippen LogP contribution in [0.15, 0.2) is 12.3 Å². The Morgan fingerprint density at radius 1 is 1.38 bits per heavy atom. The second kappa shape index (κ2) is 5.14. The minimum absolute atomic E-state index is 0. The summed E-state index contributed by atoms with van der Waals surface area (Å²) in [5.74, 6) is 0. The molecule has 0 radical (unpaired) electrons. The van der Waals surface area contributed by atoms with Gasteiger partial charge in [0.25, 0.3) is 0 Å². The van der Waals surface area contributed by atoms with Crippen molar-refractivity contribution in [1.82, 2.24) is 4.98 Å². The third-order valence-corrected chi connectivity index (χ3v) is 1.67. The van der Waals surface area contributed by atoms with Crippen molar-refractivity contribution in [3.05, 3.63) is 23.0 Å². The Balaban J connectivity index is 0.00000144. The molecule has 1 heterocycles. The maximum absolute atomic E-state index is 12.2. The minimum atomic E-state index is -5.04. The number of aryl methyl sites for hydroxylation is 1. The minimum Gasteiger partial charge on any atom is -0.445 e. The summed E-state index contributed by atoms with van der Waals surface area (Å²) in [4.78, 5) is 3.41. The Morgan fingerprint density at radius 2 is 1.92 bits per heavy atom. The van der Waals surface area contributed by atoms with E-state index in [1.807, 2.05) is 0 Å². The first-order valence-corrected chi connectivity index (χ1v) is 3.61. The van der Waals surface area contributed by atoms with E-state index in [1.54, 1.807) is 0 Å². The van der Waals surface area contributed by atoms with Crippen LogP contribution < -0.4 is 56.8 Å². The third kappa shape index (κ3) is 3.89. The van der Waals surface area contributed by atoms with Crippen molar-refractivity contribution in [3.63, 3.8) is 0 Å². The summed E-state index contributed by atoms with van der Waals surface area (Å²) in [6, 6.07) is 0.995. The monoisotopic (exact) mass is 233 g/mol. The number of pyridine rings is 1. The van der Waals surface area contributed by atoms with Gasteiger partial charge in [-0.1, -0.05) is 23.1 Å². The van der Waals surface area contributed by atoms with Crippen molar-refractivity contribution in [2.24, 2.45) is 0 Å². The molecule has 0 bridgehead atoms. The predicted molar refractivity (Wildman–Crippen MR) is 42.7 cm³/mol. The summed E-state index contributed by atoms with van der Waals surface area (Å²) in [5, 5.41) is -0.479. The maximum atomic E-state index is 12.2. The van der Waals surface area contributed by atoms with E-state index in [2.05, 4.69) is 4.98 Å². The summed E-state index contributed by atoms with van der Waals surface area (Å²) >= 11 is 5.27. The zero-order valence-electron chi connectivity index (χ0n) is 7.19. The topological polar surface area (TPSA) is 12.9 Å². The number of rotatable bonds is 1. The molecule has 0 aliphatic heterocycles. The second-order valence-electron chi connectivity index (χ2n) is 2.47. The summed E-state index contributed by atoms with van der Waals surface area (Å²) in [6.45, 7) is -3.51. The van der Waals surface area contributed by atoms with Crippen LogP contribution in [0.3, 0.4) is 0 Å². The molecule has 0 aromatic carbocycles. The molecule has 0 aliphatic rings. The first kappa shape index (κ1) is 13.9. The first-order valence-electron chi connectivity index (χ1n) is 3.23. The fraction of sp³-hybridized carbons (Fsp3) is 0.167. The van der Waals surface area contributed by atoms with Crippen LogP contribution in [0, 0.1) is 6.92 Å². The number of halogens is 4. The molecule has 0 saturated heterocycles. The molecule has 13 heavy (non-hydrogen) atoms. The summed E-state index contributed by atoms with van der Waals surface area (Å²) in [5.41, 5.74) is -0.370. The fourth-order valence-corrected chi connectivity index (χ4v) is 1.03. The van der Waals surface area contributed by atoms with Gasteiger partial charge in [-0.15, -0.1) is 0 Å². The molecular formula is C6H5BClF3KN. The van der Waals surface area contributed by atoms with E-state index >= 15 is 0 Å². The normalized spacial score (nSPS) is 10.8. The van der Waals surface area contributed by atoms with Crippen LogP contribution in [0.5, 0.6) is 0 Å². The zero-order valence-corrected chi connectivity index (χ0v) is 11.1. The standard InChI is InChI=1S/C6H5BClF3N.K/c1-4-2-5(7(9,10)11)6(8)12-3-4;/h2-3H,1H3;/q-1;+1. The molecule has 66 valence electrons. The second-order valence-corrected chi connectivity index (χ2v) is 2.83. The van der Waals surface area contributed by atoms with Crippen molar-refractivity contribution in [1.29, 1.82) is 0 Å².